The van der Waals surface area contributed by atoms with E-state index in [0.717, 1.165) is 0 Å². The first kappa shape index (κ1) is 22.6. The predicted molar refractivity (Wildman–Crippen MR) is 118 cm³/mol. The first-order valence-corrected chi connectivity index (χ1v) is 11.9. The minimum Gasteiger partial charge on any atom is -0.481 e. The fourth-order valence-electron chi connectivity index (χ4n) is 3.75. The summed E-state index contributed by atoms with van der Waals surface area (Å²) >= 11 is 2.62. The molecule has 2 aromatic rings. The molecule has 2 aliphatic rings. The van der Waals surface area contributed by atoms with Crippen LogP contribution >= 0.6 is 23.5 Å². The largest absolute Gasteiger partial charge is 0.481 e. The molecule has 0 radical (unpaired) electrons. The number of aromatic nitrogens is 3. The first-order valence-electron chi connectivity index (χ1n) is 9.91. The number of nitrogens with zero attached hydrogens (tertiary/aromatic N) is 4. The molecule has 0 bridgehead atoms. The summed E-state index contributed by atoms with van der Waals surface area (Å²) in [6, 6.07) is 7.68. The van der Waals surface area contributed by atoms with Crippen LogP contribution in [0.4, 0.5) is 0 Å². The molecule has 2 saturated heterocycles. The molecule has 2 aliphatic heterocycles. The normalized spacial score (nSPS) is 25.6. The van der Waals surface area contributed by atoms with Crippen molar-refractivity contribution in [1.29, 1.82) is 0 Å². The Morgan fingerprint density at radius 2 is 2.09 bits per heavy atom. The number of aliphatic hydroxyl groups is 1. The van der Waals surface area contributed by atoms with Crippen molar-refractivity contribution < 1.29 is 24.6 Å². The van der Waals surface area contributed by atoms with Crippen LogP contribution in [0.5, 0.6) is 0 Å². The average molecular weight is 478 g/mol. The summed E-state index contributed by atoms with van der Waals surface area (Å²) in [6.07, 6.45) is -1.38. The fourth-order valence-corrected chi connectivity index (χ4v) is 6.56. The number of benzene rings is 1. The second-order valence-electron chi connectivity index (χ2n) is 7.91. The molecule has 3 heterocycles. The minimum absolute atomic E-state index is 0.0519. The van der Waals surface area contributed by atoms with Crippen LogP contribution in [0.2, 0.25) is 0 Å². The summed E-state index contributed by atoms with van der Waals surface area (Å²) < 4.78 is 1.60. The van der Waals surface area contributed by atoms with E-state index in [1.54, 1.807) is 49.0 Å². The van der Waals surface area contributed by atoms with E-state index >= 15 is 0 Å². The number of hydrogen-bond acceptors (Lipinski definition) is 8. The Morgan fingerprint density at radius 1 is 1.38 bits per heavy atom. The average Bonchev–Trinajstić information content (AvgIpc) is 3.12. The molecule has 1 aromatic heterocycles. The standard InChI is InChI=1S/C20H23N5O5S2/c1-11-21-19(24(2)23-11)32-10-20(18(29)30)8-25-16(28)13(17(25)31-9-20)22-15(27)14(26)12-6-4-3-5-7-12/h3-7,13-14,17,26H,8-10H2,1-2H3,(H,22,27)(H,29,30)/t13?,14?,17-,20?/m1/s1. The molecule has 0 spiro atoms. The zero-order valence-corrected chi connectivity index (χ0v) is 19.1. The van der Waals surface area contributed by atoms with E-state index < -0.39 is 29.4 Å². The van der Waals surface area contributed by atoms with Gasteiger partial charge in [0.2, 0.25) is 5.91 Å². The van der Waals surface area contributed by atoms with Crippen LogP contribution in [0.25, 0.3) is 0 Å². The number of aliphatic carboxylic acids is 1. The lowest BCUT2D eigenvalue weighted by Crippen LogP contribution is -2.74. The number of carbonyl (C=O) groups excluding carboxylic acids is 2. The SMILES string of the molecule is Cc1nc(SCC2(C(=O)O)CS[C@@H]3C(NC(=O)C(O)c4ccccc4)C(=O)N3C2)n(C)n1. The van der Waals surface area contributed by atoms with Crippen molar-refractivity contribution >= 4 is 41.3 Å². The van der Waals surface area contributed by atoms with Gasteiger partial charge in [-0.3, -0.25) is 14.4 Å². The van der Waals surface area contributed by atoms with E-state index in [-0.39, 0.29) is 29.3 Å². The highest BCUT2D eigenvalue weighted by atomic mass is 32.2. The van der Waals surface area contributed by atoms with Gasteiger partial charge in [-0.05, 0) is 12.5 Å². The molecule has 170 valence electrons. The van der Waals surface area contributed by atoms with Crippen molar-refractivity contribution in [3.63, 3.8) is 0 Å². The molecule has 10 nitrogen and oxygen atoms in total. The van der Waals surface area contributed by atoms with Gasteiger partial charge in [-0.1, -0.05) is 42.1 Å². The van der Waals surface area contributed by atoms with Crippen LogP contribution in [0.15, 0.2) is 35.5 Å². The quantitative estimate of drug-likeness (QED) is 0.383. The summed E-state index contributed by atoms with van der Waals surface area (Å²) in [5, 5.41) is 27.3. The van der Waals surface area contributed by atoms with Gasteiger partial charge in [0, 0.05) is 25.1 Å². The molecule has 32 heavy (non-hydrogen) atoms. The van der Waals surface area contributed by atoms with Gasteiger partial charge in [-0.2, -0.15) is 5.10 Å². The smallest absolute Gasteiger partial charge is 0.313 e. The number of carboxylic acid groups (broad SMARTS) is 1. The summed E-state index contributed by atoms with van der Waals surface area (Å²) in [4.78, 5) is 43.1. The molecule has 12 heteroatoms. The van der Waals surface area contributed by atoms with Crippen molar-refractivity contribution in [1.82, 2.24) is 25.0 Å². The Morgan fingerprint density at radius 3 is 2.72 bits per heavy atom. The maximum absolute atomic E-state index is 12.7. The van der Waals surface area contributed by atoms with Gasteiger partial charge in [-0.15, -0.1) is 11.8 Å². The molecule has 2 amide bonds. The third-order valence-electron chi connectivity index (χ3n) is 5.57. The van der Waals surface area contributed by atoms with Gasteiger partial charge >= 0.3 is 5.97 Å². The molecule has 3 N–H and O–H groups in total. The van der Waals surface area contributed by atoms with Crippen LogP contribution in [-0.2, 0) is 21.4 Å². The number of fused-ring (bicyclic) bond motifs is 1. The third kappa shape index (κ3) is 4.09. The molecule has 4 atom stereocenters. The molecular weight excluding hydrogens is 454 g/mol. The van der Waals surface area contributed by atoms with Crippen molar-refractivity contribution in [3.8, 4) is 0 Å². The number of β-lactam (4-membered cyclic amide) rings is 1. The highest BCUT2D eigenvalue weighted by Gasteiger charge is 2.57. The van der Waals surface area contributed by atoms with E-state index in [1.165, 1.54) is 28.4 Å². The topological polar surface area (TPSA) is 138 Å². The second kappa shape index (κ2) is 8.75. The Hall–Kier alpha value is -2.57. The summed E-state index contributed by atoms with van der Waals surface area (Å²) in [6.45, 7) is 1.82. The fraction of sp³-hybridized carbons (Fsp3) is 0.450. The monoisotopic (exact) mass is 477 g/mol. The van der Waals surface area contributed by atoms with E-state index in [2.05, 4.69) is 15.4 Å². The molecule has 4 rings (SSSR count). The minimum atomic E-state index is -1.38. The van der Waals surface area contributed by atoms with Crippen molar-refractivity contribution in [2.45, 2.75) is 29.6 Å². The summed E-state index contributed by atoms with van der Waals surface area (Å²) in [5.74, 6) is -0.851. The number of hydrogen-bond donors (Lipinski definition) is 3. The van der Waals surface area contributed by atoms with Gasteiger partial charge < -0.3 is 20.4 Å². The van der Waals surface area contributed by atoms with Crippen LogP contribution in [0.3, 0.4) is 0 Å². The maximum Gasteiger partial charge on any atom is 0.313 e. The number of carboxylic acids is 1. The van der Waals surface area contributed by atoms with Gasteiger partial charge in [0.15, 0.2) is 11.3 Å². The van der Waals surface area contributed by atoms with Crippen LogP contribution < -0.4 is 5.32 Å². The Kier molecular flexibility index (Phi) is 6.19. The number of thioether (sulfide) groups is 2. The Bertz CT molecular complexity index is 1050. The number of carbonyl (C=O) groups is 3. The van der Waals surface area contributed by atoms with E-state index in [4.69, 9.17) is 0 Å². The van der Waals surface area contributed by atoms with Crippen LogP contribution in [-0.4, -0.2) is 77.1 Å². The van der Waals surface area contributed by atoms with E-state index in [0.29, 0.717) is 16.5 Å². The Labute approximate surface area is 192 Å². The first-order chi connectivity index (χ1) is 15.2. The van der Waals surface area contributed by atoms with Gasteiger partial charge in [0.05, 0.1) is 0 Å². The van der Waals surface area contributed by atoms with Crippen molar-refractivity contribution in [2.75, 3.05) is 18.1 Å². The third-order valence-corrected chi connectivity index (χ3v) is 8.46. The van der Waals surface area contributed by atoms with Gasteiger partial charge in [0.1, 0.15) is 22.7 Å². The molecule has 0 aliphatic carbocycles. The lowest BCUT2D eigenvalue weighted by atomic mass is 9.89. The number of aryl methyl sites for hydroxylation is 2. The molecule has 0 saturated carbocycles. The van der Waals surface area contributed by atoms with Gasteiger partial charge in [0.25, 0.3) is 5.91 Å². The lowest BCUT2D eigenvalue weighted by Gasteiger charge is -2.53. The molecule has 3 unspecified atom stereocenters. The summed E-state index contributed by atoms with van der Waals surface area (Å²) in [5.41, 5.74) is -0.703. The predicted octanol–water partition coefficient (Wildman–Crippen LogP) is 0.420. The van der Waals surface area contributed by atoms with E-state index in [1.807, 2.05) is 0 Å². The maximum atomic E-state index is 12.7. The molecular formula is C20H23N5O5S2. The zero-order chi connectivity index (χ0) is 23.0. The number of nitrogens with one attached hydrogen (secondary N) is 1. The molecule has 1 aromatic carbocycles. The zero-order valence-electron chi connectivity index (χ0n) is 17.5. The number of amides is 2. The van der Waals surface area contributed by atoms with Crippen LogP contribution in [0, 0.1) is 12.3 Å². The number of aliphatic hydroxyl groups excluding tert-OH is 1. The van der Waals surface area contributed by atoms with Gasteiger partial charge in [-0.25, -0.2) is 9.67 Å². The Balaban J connectivity index is 1.40. The highest BCUT2D eigenvalue weighted by molar-refractivity contribution is 8.00. The second-order valence-corrected chi connectivity index (χ2v) is 9.95. The van der Waals surface area contributed by atoms with Crippen LogP contribution in [0.1, 0.15) is 17.5 Å². The van der Waals surface area contributed by atoms with Crippen molar-refractivity contribution in [2.24, 2.45) is 12.5 Å². The van der Waals surface area contributed by atoms with E-state index in [9.17, 15) is 24.6 Å². The lowest BCUT2D eigenvalue weighted by molar-refractivity contribution is -0.158. The molecule has 2 fully saturated rings. The highest BCUT2D eigenvalue weighted by Crippen LogP contribution is 2.44. The summed E-state index contributed by atoms with van der Waals surface area (Å²) in [7, 11) is 1.75. The van der Waals surface area contributed by atoms with Crippen molar-refractivity contribution in [3.05, 3.63) is 41.7 Å². The number of rotatable bonds is 7.